The first kappa shape index (κ1) is 19.8. The van der Waals surface area contributed by atoms with Crippen LogP contribution in [0.15, 0.2) is 34.4 Å². The smallest absolute Gasteiger partial charge is 0.205 e. The van der Waals surface area contributed by atoms with Crippen LogP contribution in [0.2, 0.25) is 0 Å². The number of fused-ring (bicyclic) bond motifs is 1. The van der Waals surface area contributed by atoms with E-state index in [1.165, 1.54) is 24.9 Å². The second-order valence-electron chi connectivity index (χ2n) is 7.80. The topological polar surface area (TPSA) is 61.9 Å². The zero-order valence-corrected chi connectivity index (χ0v) is 18.0. The van der Waals surface area contributed by atoms with Gasteiger partial charge in [0.15, 0.2) is 5.82 Å². The summed E-state index contributed by atoms with van der Waals surface area (Å²) >= 11 is 0. The first-order chi connectivity index (χ1) is 14.1. The van der Waals surface area contributed by atoms with Gasteiger partial charge in [-0.3, -0.25) is 4.90 Å². The summed E-state index contributed by atoms with van der Waals surface area (Å²) in [5, 5.41) is 13.6. The average molecular weight is 394 g/mol. The van der Waals surface area contributed by atoms with E-state index in [9.17, 15) is 0 Å². The summed E-state index contributed by atoms with van der Waals surface area (Å²) < 4.78 is 1.89. The van der Waals surface area contributed by atoms with E-state index >= 15 is 0 Å². The maximum absolute atomic E-state index is 4.85. The van der Waals surface area contributed by atoms with Crippen molar-refractivity contribution in [2.75, 3.05) is 31.1 Å². The molecule has 1 aromatic carbocycles. The van der Waals surface area contributed by atoms with Gasteiger partial charge < -0.3 is 4.90 Å². The normalized spacial score (nSPS) is 19.3. The van der Waals surface area contributed by atoms with Gasteiger partial charge in [-0.15, -0.1) is 10.2 Å². The second-order valence-corrected chi connectivity index (χ2v) is 7.80. The van der Waals surface area contributed by atoms with Crippen LogP contribution in [0.5, 0.6) is 0 Å². The van der Waals surface area contributed by atoms with Crippen LogP contribution < -0.4 is 4.90 Å². The SMILES string of the molecule is CCN(CC)c1ccc(N=C2C(C)=Nn3c2nnc3[C@H](C)N2CCCCC2)cc1. The molecule has 2 aliphatic heterocycles. The number of rotatable bonds is 6. The lowest BCUT2D eigenvalue weighted by molar-refractivity contribution is 0.166. The fourth-order valence-electron chi connectivity index (χ4n) is 4.21. The quantitative estimate of drug-likeness (QED) is 0.743. The highest BCUT2D eigenvalue weighted by Crippen LogP contribution is 2.27. The summed E-state index contributed by atoms with van der Waals surface area (Å²) in [6.45, 7) is 12.8. The van der Waals surface area contributed by atoms with Crippen LogP contribution in [0, 0.1) is 0 Å². The molecule has 0 N–H and O–H groups in total. The number of benzene rings is 1. The Morgan fingerprint density at radius 3 is 2.38 bits per heavy atom. The van der Waals surface area contributed by atoms with Crippen LogP contribution in [0.25, 0.3) is 0 Å². The van der Waals surface area contributed by atoms with Crippen molar-refractivity contribution in [1.82, 2.24) is 19.8 Å². The number of piperidine rings is 1. The van der Waals surface area contributed by atoms with Gasteiger partial charge in [0.2, 0.25) is 5.82 Å². The van der Waals surface area contributed by atoms with E-state index < -0.39 is 0 Å². The standard InChI is InChI=1S/C22H31N7/c1-5-27(6-2)19-12-10-18(11-13-19)23-20-16(3)26-29-21(24-25-22(20)29)17(4)28-14-8-7-9-15-28/h10-13,17H,5-9,14-15H2,1-4H3/t17-/m0/s1. The summed E-state index contributed by atoms with van der Waals surface area (Å²) in [7, 11) is 0. The average Bonchev–Trinajstić information content (AvgIpc) is 3.29. The summed E-state index contributed by atoms with van der Waals surface area (Å²) in [6.07, 6.45) is 3.83. The van der Waals surface area contributed by atoms with Gasteiger partial charge in [-0.25, -0.2) is 4.99 Å². The van der Waals surface area contributed by atoms with E-state index in [0.29, 0.717) is 0 Å². The molecule has 0 unspecified atom stereocenters. The zero-order valence-electron chi connectivity index (χ0n) is 18.0. The first-order valence-electron chi connectivity index (χ1n) is 10.8. The molecule has 0 saturated carbocycles. The van der Waals surface area contributed by atoms with Crippen molar-refractivity contribution in [2.24, 2.45) is 10.1 Å². The highest BCUT2D eigenvalue weighted by Gasteiger charge is 2.30. The molecule has 0 radical (unpaired) electrons. The predicted molar refractivity (Wildman–Crippen MR) is 119 cm³/mol. The highest BCUT2D eigenvalue weighted by atomic mass is 15.5. The molecule has 7 heteroatoms. The molecule has 1 atom stereocenters. The Labute approximate surface area is 173 Å². The number of hydrogen-bond acceptors (Lipinski definition) is 6. The molecular formula is C22H31N7. The number of likely N-dealkylation sites (tertiary alicyclic amines) is 1. The van der Waals surface area contributed by atoms with Crippen molar-refractivity contribution >= 4 is 22.8 Å². The lowest BCUT2D eigenvalue weighted by Gasteiger charge is -2.31. The molecule has 4 rings (SSSR count). The maximum atomic E-state index is 4.85. The fraction of sp³-hybridized carbons (Fsp3) is 0.545. The third-order valence-electron chi connectivity index (χ3n) is 6.00. The molecule has 154 valence electrons. The minimum absolute atomic E-state index is 0.209. The first-order valence-corrected chi connectivity index (χ1v) is 10.8. The minimum atomic E-state index is 0.209. The van der Waals surface area contributed by atoms with Crippen molar-refractivity contribution in [1.29, 1.82) is 0 Å². The number of aromatic nitrogens is 3. The molecule has 0 amide bonds. The monoisotopic (exact) mass is 393 g/mol. The molecule has 0 bridgehead atoms. The third kappa shape index (κ3) is 3.83. The molecule has 2 aliphatic rings. The van der Waals surface area contributed by atoms with Gasteiger partial charge in [-0.2, -0.15) is 9.78 Å². The summed E-state index contributed by atoms with van der Waals surface area (Å²) in [5.41, 5.74) is 3.82. The van der Waals surface area contributed by atoms with Crippen LogP contribution >= 0.6 is 0 Å². The number of anilines is 1. The van der Waals surface area contributed by atoms with Gasteiger partial charge in [0.25, 0.3) is 0 Å². The number of nitrogens with zero attached hydrogens (tertiary/aromatic N) is 7. The van der Waals surface area contributed by atoms with Gasteiger partial charge in [-0.05, 0) is 77.9 Å². The Balaban J connectivity index is 1.59. The Bertz CT molecular complexity index is 900. The highest BCUT2D eigenvalue weighted by molar-refractivity contribution is 6.48. The van der Waals surface area contributed by atoms with Crippen molar-refractivity contribution in [3.05, 3.63) is 35.9 Å². The molecule has 29 heavy (non-hydrogen) atoms. The molecule has 1 fully saturated rings. The van der Waals surface area contributed by atoms with Gasteiger partial charge in [0.1, 0.15) is 5.71 Å². The van der Waals surface area contributed by atoms with Crippen LogP contribution in [0.4, 0.5) is 11.4 Å². The van der Waals surface area contributed by atoms with Crippen LogP contribution in [0.1, 0.15) is 64.6 Å². The van der Waals surface area contributed by atoms with Gasteiger partial charge in [0.05, 0.1) is 17.4 Å². The minimum Gasteiger partial charge on any atom is -0.372 e. The zero-order chi connectivity index (χ0) is 20.4. The van der Waals surface area contributed by atoms with Crippen molar-refractivity contribution < 1.29 is 0 Å². The molecule has 0 spiro atoms. The van der Waals surface area contributed by atoms with E-state index in [1.807, 2.05) is 11.6 Å². The van der Waals surface area contributed by atoms with Crippen LogP contribution in [-0.4, -0.2) is 57.4 Å². The predicted octanol–water partition coefficient (Wildman–Crippen LogP) is 4.03. The Morgan fingerprint density at radius 1 is 1.03 bits per heavy atom. The van der Waals surface area contributed by atoms with Gasteiger partial charge in [-0.1, -0.05) is 6.42 Å². The van der Waals surface area contributed by atoms with E-state index in [4.69, 9.17) is 10.1 Å². The maximum Gasteiger partial charge on any atom is 0.205 e. The third-order valence-corrected chi connectivity index (χ3v) is 6.00. The van der Waals surface area contributed by atoms with Gasteiger partial charge >= 0.3 is 0 Å². The Hall–Kier alpha value is -2.54. The summed E-state index contributed by atoms with van der Waals surface area (Å²) in [4.78, 5) is 9.65. The molecule has 1 saturated heterocycles. The second kappa shape index (κ2) is 8.45. The largest absolute Gasteiger partial charge is 0.372 e. The Morgan fingerprint density at radius 2 is 1.72 bits per heavy atom. The molecule has 0 aliphatic carbocycles. The molecule has 1 aromatic heterocycles. The van der Waals surface area contributed by atoms with Crippen LogP contribution in [-0.2, 0) is 0 Å². The van der Waals surface area contributed by atoms with Gasteiger partial charge in [0, 0.05) is 18.8 Å². The lowest BCUT2D eigenvalue weighted by Crippen LogP contribution is -2.33. The molecule has 7 nitrogen and oxygen atoms in total. The van der Waals surface area contributed by atoms with Crippen molar-refractivity contribution in [2.45, 2.75) is 53.0 Å². The fourth-order valence-corrected chi connectivity index (χ4v) is 4.21. The van der Waals surface area contributed by atoms with E-state index in [2.05, 4.69) is 65.0 Å². The molecule has 2 aromatic rings. The number of aliphatic imine (C=N–C) groups is 1. The van der Waals surface area contributed by atoms with Crippen molar-refractivity contribution in [3.63, 3.8) is 0 Å². The Kier molecular flexibility index (Phi) is 5.76. The number of hydrogen-bond donors (Lipinski definition) is 0. The van der Waals surface area contributed by atoms with E-state index in [0.717, 1.165) is 54.9 Å². The van der Waals surface area contributed by atoms with E-state index in [-0.39, 0.29) is 6.04 Å². The van der Waals surface area contributed by atoms with Crippen LogP contribution in [0.3, 0.4) is 0 Å². The lowest BCUT2D eigenvalue weighted by atomic mass is 10.1. The summed E-state index contributed by atoms with van der Waals surface area (Å²) in [6, 6.07) is 8.58. The summed E-state index contributed by atoms with van der Waals surface area (Å²) in [5.74, 6) is 1.65. The molecule has 3 heterocycles. The molecular weight excluding hydrogens is 362 g/mol. The van der Waals surface area contributed by atoms with E-state index in [1.54, 1.807) is 0 Å². The van der Waals surface area contributed by atoms with Crippen molar-refractivity contribution in [3.8, 4) is 0 Å².